The highest BCUT2D eigenvalue weighted by Crippen LogP contribution is 2.42. The largest absolute Gasteiger partial charge is 0.497 e. The Balaban J connectivity index is 1.49. The summed E-state index contributed by atoms with van der Waals surface area (Å²) >= 11 is 0. The van der Waals surface area contributed by atoms with Gasteiger partial charge in [-0.2, -0.15) is 0 Å². The van der Waals surface area contributed by atoms with Gasteiger partial charge in [0, 0.05) is 25.6 Å². The third-order valence-electron chi connectivity index (χ3n) is 6.10. The molecule has 0 aromatic heterocycles. The Bertz CT molecular complexity index is 825. The van der Waals surface area contributed by atoms with Gasteiger partial charge in [-0.05, 0) is 55.5 Å². The highest BCUT2D eigenvalue weighted by atomic mass is 16.5. The average Bonchev–Trinajstić information content (AvgIpc) is 3.38. The van der Waals surface area contributed by atoms with E-state index in [1.807, 2.05) is 6.07 Å². The van der Waals surface area contributed by atoms with Crippen LogP contribution < -0.4 is 15.4 Å². The van der Waals surface area contributed by atoms with E-state index >= 15 is 0 Å². The summed E-state index contributed by atoms with van der Waals surface area (Å²) in [7, 11) is 1.67. The van der Waals surface area contributed by atoms with E-state index in [1.54, 1.807) is 24.2 Å². The van der Waals surface area contributed by atoms with Gasteiger partial charge in [0.2, 0.25) is 11.8 Å². The van der Waals surface area contributed by atoms with Gasteiger partial charge in [0.05, 0.1) is 19.8 Å². The molecule has 1 aliphatic heterocycles. The molecular weight excluding hydrogens is 406 g/mol. The summed E-state index contributed by atoms with van der Waals surface area (Å²) < 4.78 is 11.4. The maximum Gasteiger partial charge on any atom is 0.243 e. The van der Waals surface area contributed by atoms with Crippen LogP contribution in [0.15, 0.2) is 43.5 Å². The lowest BCUT2D eigenvalue weighted by Gasteiger charge is -2.26. The van der Waals surface area contributed by atoms with Crippen molar-refractivity contribution < 1.29 is 19.1 Å². The second-order valence-corrected chi connectivity index (χ2v) is 8.22. The van der Waals surface area contributed by atoms with Crippen LogP contribution in [0.25, 0.3) is 0 Å². The zero-order valence-electron chi connectivity index (χ0n) is 19.0. The molecule has 1 aliphatic carbocycles. The van der Waals surface area contributed by atoms with Crippen LogP contribution in [-0.4, -0.2) is 56.1 Å². The molecular formula is C25H35N3O4. The van der Waals surface area contributed by atoms with E-state index in [9.17, 15) is 9.59 Å². The number of carbonyl (C=O) groups excluding carboxylic acids is 2. The molecule has 0 saturated carbocycles. The second-order valence-electron chi connectivity index (χ2n) is 8.22. The number of hydrogen-bond donors (Lipinski definition) is 2. The molecule has 1 saturated heterocycles. The van der Waals surface area contributed by atoms with Crippen LogP contribution in [0.1, 0.15) is 55.4 Å². The predicted molar refractivity (Wildman–Crippen MR) is 124 cm³/mol. The molecule has 3 atom stereocenters. The van der Waals surface area contributed by atoms with Gasteiger partial charge in [0.25, 0.3) is 0 Å². The van der Waals surface area contributed by atoms with E-state index < -0.39 is 6.04 Å². The predicted octanol–water partition coefficient (Wildman–Crippen LogP) is 3.05. The van der Waals surface area contributed by atoms with Crippen molar-refractivity contribution in [3.63, 3.8) is 0 Å². The molecule has 1 aromatic rings. The van der Waals surface area contributed by atoms with Gasteiger partial charge in [-0.3, -0.25) is 9.59 Å². The Hall–Kier alpha value is -2.64. The summed E-state index contributed by atoms with van der Waals surface area (Å²) in [6.45, 7) is 9.94. The maximum absolute atomic E-state index is 12.7. The third-order valence-corrected chi connectivity index (χ3v) is 6.10. The van der Waals surface area contributed by atoms with Crippen molar-refractivity contribution in [1.82, 2.24) is 15.5 Å². The minimum Gasteiger partial charge on any atom is -0.497 e. The number of rotatable bonds is 13. The molecule has 2 N–H and O–H groups in total. The normalized spacial score (nSPS) is 20.7. The number of likely N-dealkylation sites (tertiary alicyclic amines) is 1. The molecule has 3 rings (SSSR count). The lowest BCUT2D eigenvalue weighted by Crippen LogP contribution is -2.47. The molecule has 3 unspecified atom stereocenters. The van der Waals surface area contributed by atoms with E-state index in [0.29, 0.717) is 32.5 Å². The van der Waals surface area contributed by atoms with Crippen LogP contribution in [0.2, 0.25) is 0 Å². The fourth-order valence-corrected chi connectivity index (χ4v) is 4.50. The van der Waals surface area contributed by atoms with Crippen LogP contribution in [0, 0.1) is 0 Å². The monoisotopic (exact) mass is 441 g/mol. The van der Waals surface area contributed by atoms with E-state index in [-0.39, 0.29) is 24.0 Å². The fourth-order valence-electron chi connectivity index (χ4n) is 4.50. The number of carbonyl (C=O) groups is 2. The van der Waals surface area contributed by atoms with Crippen molar-refractivity contribution in [2.24, 2.45) is 0 Å². The zero-order chi connectivity index (χ0) is 22.9. The lowest BCUT2D eigenvalue weighted by molar-refractivity contribution is -0.137. The number of ether oxygens (including phenoxy) is 2. The van der Waals surface area contributed by atoms with Gasteiger partial charge < -0.3 is 25.0 Å². The Morgan fingerprint density at radius 1 is 1.28 bits per heavy atom. The van der Waals surface area contributed by atoms with Crippen molar-refractivity contribution in [2.45, 2.75) is 50.3 Å². The topological polar surface area (TPSA) is 79.9 Å². The average molecular weight is 442 g/mol. The first-order chi connectivity index (χ1) is 15.6. The van der Waals surface area contributed by atoms with E-state index in [4.69, 9.17) is 9.47 Å². The van der Waals surface area contributed by atoms with Gasteiger partial charge >= 0.3 is 0 Å². The Kier molecular flexibility index (Phi) is 8.88. The SMILES string of the molecule is C=CCOC1CC(NCCCNC(=O)C(CC=C)N2CCCC2=O)c2cc(OC)ccc21. The minimum atomic E-state index is -0.451. The molecule has 0 bridgehead atoms. The third kappa shape index (κ3) is 5.78. The van der Waals surface area contributed by atoms with Crippen LogP contribution in [0.5, 0.6) is 5.75 Å². The minimum absolute atomic E-state index is 0.0313. The van der Waals surface area contributed by atoms with Gasteiger partial charge in [-0.25, -0.2) is 0 Å². The van der Waals surface area contributed by atoms with Gasteiger partial charge in [-0.1, -0.05) is 18.2 Å². The van der Waals surface area contributed by atoms with Gasteiger partial charge in [0.15, 0.2) is 0 Å². The van der Waals surface area contributed by atoms with Crippen molar-refractivity contribution in [3.8, 4) is 5.75 Å². The summed E-state index contributed by atoms with van der Waals surface area (Å²) in [4.78, 5) is 26.4. The van der Waals surface area contributed by atoms with Crippen LogP contribution in [-0.2, 0) is 14.3 Å². The molecule has 32 heavy (non-hydrogen) atoms. The smallest absolute Gasteiger partial charge is 0.243 e. The molecule has 7 nitrogen and oxygen atoms in total. The van der Waals surface area contributed by atoms with Gasteiger partial charge in [0.1, 0.15) is 11.8 Å². The Labute approximate surface area is 190 Å². The first kappa shape index (κ1) is 24.0. The first-order valence-corrected chi connectivity index (χ1v) is 11.4. The molecule has 1 aromatic carbocycles. The van der Waals surface area contributed by atoms with Crippen molar-refractivity contribution in [1.29, 1.82) is 0 Å². The summed E-state index contributed by atoms with van der Waals surface area (Å²) in [6, 6.07) is 5.82. The zero-order valence-corrected chi connectivity index (χ0v) is 19.0. The summed E-state index contributed by atoms with van der Waals surface area (Å²) in [5.74, 6) is 0.781. The quantitative estimate of drug-likeness (QED) is 0.363. The molecule has 7 heteroatoms. The Morgan fingerprint density at radius 3 is 2.81 bits per heavy atom. The maximum atomic E-state index is 12.7. The van der Waals surface area contributed by atoms with E-state index in [2.05, 4.69) is 35.9 Å². The van der Waals surface area contributed by atoms with Crippen molar-refractivity contribution in [3.05, 3.63) is 54.6 Å². The van der Waals surface area contributed by atoms with Crippen LogP contribution >= 0.6 is 0 Å². The molecule has 2 aliphatic rings. The van der Waals surface area contributed by atoms with Crippen LogP contribution in [0.4, 0.5) is 0 Å². The number of fused-ring (bicyclic) bond motifs is 1. The standard InChI is InChI=1S/C25H35N3O4/c1-4-8-22(28-14-6-9-24(28)29)25(30)27-13-7-12-26-21-17-23(32-15-5-2)19-11-10-18(31-3)16-20(19)21/h4-5,10-11,16,21-23,26H,1-2,6-9,12-15,17H2,3H3,(H,27,30). The molecule has 0 spiro atoms. The lowest BCUT2D eigenvalue weighted by atomic mass is 10.1. The summed E-state index contributed by atoms with van der Waals surface area (Å²) in [5.41, 5.74) is 2.38. The number of benzene rings is 1. The second kappa shape index (κ2) is 11.8. The fraction of sp³-hybridized carbons (Fsp3) is 0.520. The highest BCUT2D eigenvalue weighted by molar-refractivity contribution is 5.88. The molecule has 2 amide bonds. The number of methoxy groups -OCH3 is 1. The molecule has 0 radical (unpaired) electrons. The van der Waals surface area contributed by atoms with Gasteiger partial charge in [-0.15, -0.1) is 13.2 Å². The first-order valence-electron chi connectivity index (χ1n) is 11.4. The van der Waals surface area contributed by atoms with Crippen LogP contribution in [0.3, 0.4) is 0 Å². The molecule has 1 heterocycles. The van der Waals surface area contributed by atoms with Crippen molar-refractivity contribution >= 4 is 11.8 Å². The number of hydrogen-bond acceptors (Lipinski definition) is 5. The number of nitrogens with one attached hydrogen (secondary N) is 2. The van der Waals surface area contributed by atoms with Crippen molar-refractivity contribution in [2.75, 3.05) is 33.4 Å². The molecule has 174 valence electrons. The Morgan fingerprint density at radius 2 is 2.12 bits per heavy atom. The molecule has 1 fully saturated rings. The number of nitrogens with zero attached hydrogens (tertiary/aromatic N) is 1. The highest BCUT2D eigenvalue weighted by Gasteiger charge is 2.33. The summed E-state index contributed by atoms with van der Waals surface area (Å²) in [5, 5.41) is 6.58. The van der Waals surface area contributed by atoms with E-state index in [0.717, 1.165) is 31.6 Å². The summed E-state index contributed by atoms with van der Waals surface area (Å²) in [6.07, 6.45) is 6.95. The number of amides is 2. The van der Waals surface area contributed by atoms with E-state index in [1.165, 1.54) is 11.1 Å².